The minimum atomic E-state index is -1.42. The predicted molar refractivity (Wildman–Crippen MR) is 35.3 cm³/mol. The maximum Gasteiger partial charge on any atom is 1.00 e. The molecule has 0 aromatic carbocycles. The molecule has 2 atom stereocenters. The number of rotatable bonds is 2. The van der Waals surface area contributed by atoms with Gasteiger partial charge in [0, 0.05) is 0 Å². The molecule has 0 amide bonds. The van der Waals surface area contributed by atoms with Gasteiger partial charge in [-0.2, -0.15) is 0 Å². The van der Waals surface area contributed by atoms with Gasteiger partial charge in [-0.1, -0.05) is 0 Å². The molecule has 1 heterocycles. The summed E-state index contributed by atoms with van der Waals surface area (Å²) in [6.07, 6.45) is -2.78. The van der Waals surface area contributed by atoms with E-state index < -0.39 is 36.3 Å². The van der Waals surface area contributed by atoms with Gasteiger partial charge in [0.2, 0.25) is 5.76 Å². The largest absolute Gasteiger partial charge is 1.00 e. The summed E-state index contributed by atoms with van der Waals surface area (Å²) in [4.78, 5) is 10.5. The van der Waals surface area contributed by atoms with E-state index >= 15 is 0 Å². The van der Waals surface area contributed by atoms with Gasteiger partial charge in [0.05, 0.1) is 6.61 Å². The molecule has 0 aromatic heterocycles. The van der Waals surface area contributed by atoms with E-state index in [-0.39, 0.29) is 59.1 Å². The van der Waals surface area contributed by atoms with Gasteiger partial charge in [0.15, 0.2) is 11.9 Å². The van der Waals surface area contributed by atoms with E-state index in [0.29, 0.717) is 0 Å². The summed E-state index contributed by atoms with van der Waals surface area (Å²) in [6, 6.07) is 0. The Hall–Kier alpha value is 0.730. The van der Waals surface area contributed by atoms with Crippen molar-refractivity contribution >= 4 is 5.97 Å². The Labute approximate surface area is 124 Å². The van der Waals surface area contributed by atoms with E-state index in [1.54, 1.807) is 0 Å². The van der Waals surface area contributed by atoms with E-state index in [2.05, 4.69) is 4.74 Å². The van der Waals surface area contributed by atoms with Gasteiger partial charge in [-0.25, -0.2) is 4.79 Å². The summed E-state index contributed by atoms with van der Waals surface area (Å²) >= 11 is 0. The van der Waals surface area contributed by atoms with Crippen LogP contribution in [0.25, 0.3) is 0 Å². The number of esters is 1. The Kier molecular flexibility index (Phi) is 8.66. The van der Waals surface area contributed by atoms with E-state index in [9.17, 15) is 4.79 Å². The molecule has 8 heteroatoms. The first-order valence-electron chi connectivity index (χ1n) is 3.20. The molecule has 0 saturated heterocycles. The van der Waals surface area contributed by atoms with Crippen molar-refractivity contribution in [1.29, 1.82) is 0 Å². The fourth-order valence-corrected chi connectivity index (χ4v) is 0.823. The second-order valence-electron chi connectivity index (χ2n) is 2.31. The summed E-state index contributed by atoms with van der Waals surface area (Å²) in [6.45, 7) is -0.671. The normalized spacial score (nSPS) is 22.1. The summed E-state index contributed by atoms with van der Waals surface area (Å²) in [5.41, 5.74) is 0. The van der Waals surface area contributed by atoms with Crippen molar-refractivity contribution in [3.8, 4) is 0 Å². The van der Waals surface area contributed by atoms with Crippen molar-refractivity contribution in [2.75, 3.05) is 6.61 Å². The van der Waals surface area contributed by atoms with Crippen LogP contribution in [0.1, 0.15) is 0 Å². The van der Waals surface area contributed by atoms with E-state index in [0.717, 1.165) is 0 Å². The van der Waals surface area contributed by atoms with E-state index in [1.165, 1.54) is 0 Å². The molecule has 0 aliphatic carbocycles. The molecule has 1 aliphatic rings. The molecule has 1 rings (SSSR count). The number of cyclic esters (lactones) is 1. The molecule has 0 saturated carbocycles. The number of ether oxygens (including phenoxy) is 1. The second kappa shape index (κ2) is 7.08. The zero-order valence-electron chi connectivity index (χ0n) is 7.97. The number of hydrogen-bond acceptors (Lipinski definition) is 6. The smallest absolute Gasteiger partial charge is 0.505 e. The van der Waals surface area contributed by atoms with Crippen molar-refractivity contribution in [2.24, 2.45) is 0 Å². The quantitative estimate of drug-likeness (QED) is 0.273. The average Bonchev–Trinajstić information content (AvgIpc) is 2.32. The fraction of sp³-hybridized carbons (Fsp3) is 0.500. The molecule has 0 radical (unpaired) electrons. The fourth-order valence-electron chi connectivity index (χ4n) is 0.823. The third-order valence-electron chi connectivity index (χ3n) is 1.48. The van der Waals surface area contributed by atoms with Crippen LogP contribution in [0.4, 0.5) is 0 Å². The Morgan fingerprint density at radius 2 is 1.86 bits per heavy atom. The van der Waals surface area contributed by atoms with Crippen LogP contribution < -0.4 is 59.1 Å². The summed E-state index contributed by atoms with van der Waals surface area (Å²) < 4.78 is 4.32. The molecule has 14 heavy (non-hydrogen) atoms. The van der Waals surface area contributed by atoms with E-state index in [4.69, 9.17) is 20.4 Å². The zero-order valence-corrected chi connectivity index (χ0v) is 12.0. The van der Waals surface area contributed by atoms with Gasteiger partial charge >= 0.3 is 65.1 Å². The van der Waals surface area contributed by atoms with Gasteiger partial charge in [-0.3, -0.25) is 0 Å². The number of carbonyl (C=O) groups is 1. The van der Waals surface area contributed by atoms with Gasteiger partial charge in [0.1, 0.15) is 6.10 Å². The Balaban J connectivity index is 0. The minimum Gasteiger partial charge on any atom is -0.505 e. The molecule has 0 aromatic rings. The monoisotopic (exact) mass is 222 g/mol. The van der Waals surface area contributed by atoms with Crippen molar-refractivity contribution in [1.82, 2.24) is 0 Å². The van der Waals surface area contributed by atoms with Crippen LogP contribution in [0.3, 0.4) is 0 Å². The molecule has 4 N–H and O–H groups in total. The van der Waals surface area contributed by atoms with Crippen LogP contribution in [0.5, 0.6) is 0 Å². The van der Waals surface area contributed by atoms with Gasteiger partial charge in [-0.15, -0.1) is 0 Å². The molecular weight excluding hydrogens is 214 g/mol. The third kappa shape index (κ3) is 3.39. The molecule has 1 aliphatic heterocycles. The summed E-state index contributed by atoms with van der Waals surface area (Å²) in [5, 5.41) is 35.0. The Morgan fingerprint density at radius 1 is 1.36 bits per heavy atom. The molecule has 0 bridgehead atoms. The second-order valence-corrected chi connectivity index (χ2v) is 2.31. The summed E-state index contributed by atoms with van der Waals surface area (Å²) in [5.74, 6) is -2.78. The Morgan fingerprint density at radius 3 is 2.14 bits per heavy atom. The molecule has 68 valence electrons. The van der Waals surface area contributed by atoms with Gasteiger partial charge < -0.3 is 25.2 Å². The van der Waals surface area contributed by atoms with Crippen LogP contribution in [-0.2, 0) is 9.53 Å². The maximum atomic E-state index is 10.5. The van der Waals surface area contributed by atoms with Crippen molar-refractivity contribution in [3.05, 3.63) is 11.5 Å². The minimum absolute atomic E-state index is 0. The predicted octanol–water partition coefficient (Wildman–Crippen LogP) is -7.40. The van der Waals surface area contributed by atoms with Crippen LogP contribution in [0.15, 0.2) is 11.5 Å². The van der Waals surface area contributed by atoms with E-state index in [1.807, 2.05) is 0 Å². The van der Waals surface area contributed by atoms with Crippen LogP contribution >= 0.6 is 0 Å². The maximum absolute atomic E-state index is 10.5. The van der Waals surface area contributed by atoms with Crippen molar-refractivity contribution < 1.29 is 89.1 Å². The number of aliphatic hydroxyl groups is 4. The first-order chi connectivity index (χ1) is 5.57. The third-order valence-corrected chi connectivity index (χ3v) is 1.48. The first kappa shape index (κ1) is 17.1. The van der Waals surface area contributed by atoms with Crippen molar-refractivity contribution in [2.45, 2.75) is 12.2 Å². The SMILES string of the molecule is O=C1O[C@H]([C@H](O)CO)C(O)=C1O.[Na+].[Na+]. The van der Waals surface area contributed by atoms with Gasteiger partial charge in [-0.05, 0) is 0 Å². The molecule has 0 spiro atoms. The zero-order chi connectivity index (χ0) is 9.30. The van der Waals surface area contributed by atoms with Crippen molar-refractivity contribution in [3.63, 3.8) is 0 Å². The molecule has 0 unspecified atom stereocenters. The number of aliphatic hydroxyl groups excluding tert-OH is 4. The average molecular weight is 222 g/mol. The Bertz CT molecular complexity index is 240. The molecule has 6 nitrogen and oxygen atoms in total. The first-order valence-corrected chi connectivity index (χ1v) is 3.20. The standard InChI is InChI=1S/C6H8O6.2Na/c7-1-2(8)5-3(9)4(10)6(11)12-5;;/h2,5,7-10H,1H2;;/q;2*+1/t2-,5-;;/m1../s1. The summed E-state index contributed by atoms with van der Waals surface area (Å²) in [7, 11) is 0. The number of hydrogen-bond donors (Lipinski definition) is 4. The topological polar surface area (TPSA) is 107 Å². The molecule has 0 fully saturated rings. The van der Waals surface area contributed by atoms with Crippen LogP contribution in [0, 0.1) is 0 Å². The van der Waals surface area contributed by atoms with Crippen LogP contribution in [-0.4, -0.2) is 45.2 Å². The van der Waals surface area contributed by atoms with Crippen LogP contribution in [0.2, 0.25) is 0 Å². The molecular formula is C6H8Na2O6+2. The van der Waals surface area contributed by atoms with Gasteiger partial charge in [0.25, 0.3) is 0 Å². The number of carbonyl (C=O) groups excluding carboxylic acids is 1.